The Labute approximate surface area is 96.5 Å². The molecule has 16 heavy (non-hydrogen) atoms. The monoisotopic (exact) mass is 234 g/mol. The van der Waals surface area contributed by atoms with E-state index in [1.54, 1.807) is 7.11 Å². The van der Waals surface area contributed by atoms with Crippen LogP contribution in [0.5, 0.6) is 0 Å². The number of carbonyl (C=O) groups is 1. The molecule has 0 aromatic carbocycles. The summed E-state index contributed by atoms with van der Waals surface area (Å²) in [6, 6.07) is -0.638. The molecule has 0 saturated heterocycles. The van der Waals surface area contributed by atoms with E-state index in [4.69, 9.17) is 14.6 Å². The van der Waals surface area contributed by atoms with Crippen LogP contribution in [-0.2, 0) is 14.3 Å². The first-order valence-electron chi connectivity index (χ1n) is 5.24. The van der Waals surface area contributed by atoms with Gasteiger partial charge in [0.25, 0.3) is 0 Å². The van der Waals surface area contributed by atoms with Crippen LogP contribution in [0.2, 0.25) is 0 Å². The number of carboxylic acids is 1. The second kappa shape index (κ2) is 9.53. The van der Waals surface area contributed by atoms with E-state index in [9.17, 15) is 4.79 Å². The number of hydrogen-bond donors (Lipinski definition) is 2. The van der Waals surface area contributed by atoms with Gasteiger partial charge in [-0.2, -0.15) is 0 Å². The quantitative estimate of drug-likeness (QED) is 0.518. The largest absolute Gasteiger partial charge is 0.480 e. The molecule has 0 spiro atoms. The number of hydrogen-bond acceptors (Lipinski definition) is 5. The van der Waals surface area contributed by atoms with Crippen LogP contribution in [0, 0.1) is 0 Å². The van der Waals surface area contributed by atoms with Crippen LogP contribution in [0.3, 0.4) is 0 Å². The van der Waals surface area contributed by atoms with Gasteiger partial charge >= 0.3 is 5.97 Å². The van der Waals surface area contributed by atoms with E-state index in [0.717, 1.165) is 13.1 Å². The van der Waals surface area contributed by atoms with Crippen molar-refractivity contribution in [2.24, 2.45) is 0 Å². The minimum absolute atomic E-state index is 0.178. The smallest absolute Gasteiger partial charge is 0.323 e. The van der Waals surface area contributed by atoms with Gasteiger partial charge in [-0.15, -0.1) is 0 Å². The van der Waals surface area contributed by atoms with Crippen molar-refractivity contribution in [3.63, 3.8) is 0 Å². The van der Waals surface area contributed by atoms with E-state index >= 15 is 0 Å². The van der Waals surface area contributed by atoms with Gasteiger partial charge in [0.2, 0.25) is 0 Å². The Hall–Kier alpha value is -0.690. The van der Waals surface area contributed by atoms with Gasteiger partial charge < -0.3 is 24.8 Å². The lowest BCUT2D eigenvalue weighted by Crippen LogP contribution is -2.43. The van der Waals surface area contributed by atoms with Crippen LogP contribution in [0.4, 0.5) is 0 Å². The highest BCUT2D eigenvalue weighted by atomic mass is 16.5. The second-order valence-electron chi connectivity index (χ2n) is 3.60. The molecule has 96 valence electrons. The maximum absolute atomic E-state index is 10.8. The van der Waals surface area contributed by atoms with Gasteiger partial charge in [-0.1, -0.05) is 0 Å². The predicted octanol–water partition coefficient (Wildman–Crippen LogP) is -0.746. The average molecular weight is 234 g/mol. The highest BCUT2D eigenvalue weighted by Gasteiger charge is 2.15. The van der Waals surface area contributed by atoms with Crippen molar-refractivity contribution in [1.82, 2.24) is 10.2 Å². The molecule has 0 amide bonds. The summed E-state index contributed by atoms with van der Waals surface area (Å²) in [6.45, 7) is 3.08. The molecule has 6 heteroatoms. The van der Waals surface area contributed by atoms with Crippen molar-refractivity contribution in [2.75, 3.05) is 54.1 Å². The van der Waals surface area contributed by atoms with Crippen LogP contribution in [0.15, 0.2) is 0 Å². The van der Waals surface area contributed by atoms with Gasteiger partial charge in [0, 0.05) is 33.9 Å². The summed E-state index contributed by atoms with van der Waals surface area (Å²) in [7, 11) is 5.11. The van der Waals surface area contributed by atoms with E-state index in [0.29, 0.717) is 13.2 Å². The van der Waals surface area contributed by atoms with Gasteiger partial charge in [0.15, 0.2) is 0 Å². The lowest BCUT2D eigenvalue weighted by Gasteiger charge is -2.18. The Morgan fingerprint density at radius 2 is 2.06 bits per heavy atom. The van der Waals surface area contributed by atoms with Crippen LogP contribution in [0.1, 0.15) is 0 Å². The fourth-order valence-electron chi connectivity index (χ4n) is 1.17. The van der Waals surface area contributed by atoms with Gasteiger partial charge in [-0.3, -0.25) is 4.79 Å². The molecule has 0 aromatic rings. The molecule has 1 unspecified atom stereocenters. The molecule has 1 atom stereocenters. The number of nitrogens with zero attached hydrogens (tertiary/aromatic N) is 1. The summed E-state index contributed by atoms with van der Waals surface area (Å²) < 4.78 is 9.75. The number of carboxylic acid groups (broad SMARTS) is 1. The minimum atomic E-state index is -0.888. The lowest BCUT2D eigenvalue weighted by atomic mass is 10.3. The Kier molecular flexibility index (Phi) is 9.12. The molecule has 0 aliphatic rings. The maximum Gasteiger partial charge on any atom is 0.323 e. The number of likely N-dealkylation sites (N-methyl/N-ethyl adjacent to an activating group) is 1. The normalized spacial score (nSPS) is 13.0. The first-order valence-corrected chi connectivity index (χ1v) is 5.24. The Bertz CT molecular complexity index is 190. The van der Waals surface area contributed by atoms with E-state index in [-0.39, 0.29) is 6.61 Å². The molecule has 0 aromatic heterocycles. The molecule has 0 bridgehead atoms. The summed E-state index contributed by atoms with van der Waals surface area (Å²) in [5.74, 6) is -0.888. The number of aliphatic carboxylic acids is 1. The van der Waals surface area contributed by atoms with Crippen molar-refractivity contribution in [3.8, 4) is 0 Å². The highest BCUT2D eigenvalue weighted by molar-refractivity contribution is 5.73. The third-order valence-corrected chi connectivity index (χ3v) is 2.19. The van der Waals surface area contributed by atoms with Crippen molar-refractivity contribution < 1.29 is 19.4 Å². The first kappa shape index (κ1) is 15.3. The third kappa shape index (κ3) is 7.58. The zero-order chi connectivity index (χ0) is 12.4. The number of rotatable bonds is 10. The first-order chi connectivity index (χ1) is 7.61. The van der Waals surface area contributed by atoms with Gasteiger partial charge in [0.05, 0.1) is 13.2 Å². The zero-order valence-corrected chi connectivity index (χ0v) is 10.2. The lowest BCUT2D eigenvalue weighted by molar-refractivity contribution is -0.140. The second-order valence-corrected chi connectivity index (χ2v) is 3.60. The Balaban J connectivity index is 3.64. The third-order valence-electron chi connectivity index (χ3n) is 2.19. The van der Waals surface area contributed by atoms with Crippen molar-refractivity contribution in [2.45, 2.75) is 6.04 Å². The Morgan fingerprint density at radius 3 is 2.56 bits per heavy atom. The molecule has 0 heterocycles. The van der Waals surface area contributed by atoms with Crippen LogP contribution in [0.25, 0.3) is 0 Å². The van der Waals surface area contributed by atoms with E-state index < -0.39 is 12.0 Å². The van der Waals surface area contributed by atoms with Crippen LogP contribution < -0.4 is 5.32 Å². The maximum atomic E-state index is 10.8. The van der Waals surface area contributed by atoms with Crippen molar-refractivity contribution >= 4 is 5.97 Å². The van der Waals surface area contributed by atoms with E-state index in [1.807, 2.05) is 7.05 Å². The van der Waals surface area contributed by atoms with E-state index in [1.165, 1.54) is 7.11 Å². The number of ether oxygens (including phenoxy) is 2. The molecule has 2 N–H and O–H groups in total. The van der Waals surface area contributed by atoms with Crippen molar-refractivity contribution in [1.29, 1.82) is 0 Å². The average Bonchev–Trinajstić information content (AvgIpc) is 2.25. The van der Waals surface area contributed by atoms with Crippen LogP contribution in [-0.4, -0.2) is 76.1 Å². The summed E-state index contributed by atoms with van der Waals surface area (Å²) in [4.78, 5) is 12.8. The summed E-state index contributed by atoms with van der Waals surface area (Å²) in [6.07, 6.45) is 0. The summed E-state index contributed by atoms with van der Waals surface area (Å²) in [5, 5.41) is 11.8. The molecule has 0 fully saturated rings. The molecule has 0 saturated carbocycles. The molecular weight excluding hydrogens is 212 g/mol. The molecule has 0 radical (unpaired) electrons. The Morgan fingerprint density at radius 1 is 1.38 bits per heavy atom. The molecule has 0 rings (SSSR count). The van der Waals surface area contributed by atoms with Gasteiger partial charge in [0.1, 0.15) is 6.04 Å². The minimum Gasteiger partial charge on any atom is -0.480 e. The predicted molar refractivity (Wildman–Crippen MR) is 60.7 cm³/mol. The van der Waals surface area contributed by atoms with E-state index in [2.05, 4.69) is 10.2 Å². The van der Waals surface area contributed by atoms with Gasteiger partial charge in [-0.25, -0.2) is 0 Å². The SMILES string of the molecule is COCCN(C)CCNC(COC)C(=O)O. The van der Waals surface area contributed by atoms with Gasteiger partial charge in [-0.05, 0) is 7.05 Å². The molecule has 6 nitrogen and oxygen atoms in total. The fraction of sp³-hybridized carbons (Fsp3) is 0.900. The van der Waals surface area contributed by atoms with Crippen molar-refractivity contribution in [3.05, 3.63) is 0 Å². The fourth-order valence-corrected chi connectivity index (χ4v) is 1.17. The number of nitrogens with one attached hydrogen (secondary N) is 1. The zero-order valence-electron chi connectivity index (χ0n) is 10.2. The molecular formula is C10H22N2O4. The van der Waals surface area contributed by atoms with Crippen LogP contribution >= 0.6 is 0 Å². The standard InChI is InChI=1S/C10H22N2O4/c1-12(6-7-15-2)5-4-11-9(8-16-3)10(13)14/h9,11H,4-8H2,1-3H3,(H,13,14). The highest BCUT2D eigenvalue weighted by Crippen LogP contribution is 1.87. The topological polar surface area (TPSA) is 71.0 Å². The molecule has 0 aliphatic carbocycles. The summed E-state index contributed by atoms with van der Waals surface area (Å²) >= 11 is 0. The molecule has 0 aliphatic heterocycles. The summed E-state index contributed by atoms with van der Waals surface area (Å²) in [5.41, 5.74) is 0. The number of methoxy groups -OCH3 is 2.